The highest BCUT2D eigenvalue weighted by Gasteiger charge is 2.32. The molecule has 0 heterocycles. The van der Waals surface area contributed by atoms with Crippen LogP contribution in [0.1, 0.15) is 26.3 Å². The Hall–Kier alpha value is -2.00. The van der Waals surface area contributed by atoms with E-state index in [0.29, 0.717) is 0 Å². The molecule has 142 valence electrons. The molecule has 1 rings (SSSR count). The first-order valence-corrected chi connectivity index (χ1v) is 7.58. The SMILES string of the molecule is CO[NH2+]c1cc(C(F)(F)F)ccc1OCCN(C)C(=O)OC(C)(C)C. The fourth-order valence-corrected chi connectivity index (χ4v) is 1.80. The third kappa shape index (κ3) is 7.18. The molecule has 6 nitrogen and oxygen atoms in total. The molecule has 0 bridgehead atoms. The van der Waals surface area contributed by atoms with E-state index in [4.69, 9.17) is 14.3 Å². The molecule has 0 aliphatic heterocycles. The highest BCUT2D eigenvalue weighted by molar-refractivity contribution is 5.67. The van der Waals surface area contributed by atoms with E-state index in [-0.39, 0.29) is 24.6 Å². The number of likely N-dealkylation sites (N-methyl/N-ethyl adjacent to an activating group) is 1. The maximum absolute atomic E-state index is 12.8. The molecule has 0 atom stereocenters. The third-order valence-electron chi connectivity index (χ3n) is 2.97. The van der Waals surface area contributed by atoms with Crippen molar-refractivity contribution in [3.63, 3.8) is 0 Å². The van der Waals surface area contributed by atoms with Crippen molar-refractivity contribution in [1.29, 1.82) is 0 Å². The Bertz CT molecular complexity index is 586. The number of hydrogen-bond donors (Lipinski definition) is 1. The number of hydrogen-bond acceptors (Lipinski definition) is 4. The predicted molar refractivity (Wildman–Crippen MR) is 84.4 cm³/mol. The maximum Gasteiger partial charge on any atom is 0.416 e. The smallest absolute Gasteiger partial charge is 0.416 e. The lowest BCUT2D eigenvalue weighted by molar-refractivity contribution is -0.830. The zero-order valence-electron chi connectivity index (χ0n) is 14.9. The highest BCUT2D eigenvalue weighted by Crippen LogP contribution is 2.33. The van der Waals surface area contributed by atoms with Gasteiger partial charge in [-0.3, -0.25) is 0 Å². The molecule has 1 aromatic carbocycles. The number of carbonyl (C=O) groups is 1. The van der Waals surface area contributed by atoms with Crippen LogP contribution in [0.4, 0.5) is 23.7 Å². The van der Waals surface area contributed by atoms with E-state index in [1.165, 1.54) is 23.6 Å². The summed E-state index contributed by atoms with van der Waals surface area (Å²) in [4.78, 5) is 18.0. The predicted octanol–water partition coefficient (Wildman–Crippen LogP) is 2.71. The van der Waals surface area contributed by atoms with Crippen molar-refractivity contribution >= 4 is 11.8 Å². The van der Waals surface area contributed by atoms with Gasteiger partial charge in [0.25, 0.3) is 0 Å². The van der Waals surface area contributed by atoms with Crippen molar-refractivity contribution < 1.29 is 37.8 Å². The van der Waals surface area contributed by atoms with Crippen LogP contribution >= 0.6 is 0 Å². The van der Waals surface area contributed by atoms with Gasteiger partial charge < -0.3 is 14.4 Å². The van der Waals surface area contributed by atoms with Gasteiger partial charge in [-0.1, -0.05) is 0 Å². The number of amides is 1. The molecule has 1 amide bonds. The first-order valence-electron chi connectivity index (χ1n) is 7.58. The average Bonchev–Trinajstić information content (AvgIpc) is 2.46. The lowest BCUT2D eigenvalue weighted by Crippen LogP contribution is -2.76. The van der Waals surface area contributed by atoms with Gasteiger partial charge in [-0.2, -0.15) is 18.7 Å². The lowest BCUT2D eigenvalue weighted by atomic mass is 10.2. The Balaban J connectivity index is 2.69. The van der Waals surface area contributed by atoms with E-state index in [2.05, 4.69) is 0 Å². The van der Waals surface area contributed by atoms with E-state index < -0.39 is 23.4 Å². The summed E-state index contributed by atoms with van der Waals surface area (Å²) in [5, 5.41) is 0. The van der Waals surface area contributed by atoms with Gasteiger partial charge in [-0.05, 0) is 32.9 Å². The molecule has 2 N–H and O–H groups in total. The van der Waals surface area contributed by atoms with E-state index in [0.717, 1.165) is 12.1 Å². The normalized spacial score (nSPS) is 12.0. The van der Waals surface area contributed by atoms with Crippen LogP contribution in [0.2, 0.25) is 0 Å². The molecule has 0 saturated carbocycles. The number of halogens is 3. The number of carbonyl (C=O) groups excluding carboxylic acids is 1. The summed E-state index contributed by atoms with van der Waals surface area (Å²) in [6.45, 7) is 5.56. The van der Waals surface area contributed by atoms with Crippen molar-refractivity contribution in [3.8, 4) is 5.75 Å². The van der Waals surface area contributed by atoms with Crippen LogP contribution in [0.3, 0.4) is 0 Å². The molecule has 25 heavy (non-hydrogen) atoms. The van der Waals surface area contributed by atoms with Crippen molar-refractivity contribution in [2.75, 3.05) is 27.3 Å². The fourth-order valence-electron chi connectivity index (χ4n) is 1.80. The summed E-state index contributed by atoms with van der Waals surface area (Å²) in [6.07, 6.45) is -4.96. The van der Waals surface area contributed by atoms with Crippen molar-refractivity contribution in [1.82, 2.24) is 4.90 Å². The molecule has 0 aliphatic carbocycles. The largest absolute Gasteiger partial charge is 0.485 e. The molecule has 9 heteroatoms. The zero-order valence-corrected chi connectivity index (χ0v) is 14.9. The number of rotatable bonds is 6. The average molecular weight is 365 g/mol. The number of nitrogens with two attached hydrogens (primary N) is 1. The fraction of sp³-hybridized carbons (Fsp3) is 0.562. The van der Waals surface area contributed by atoms with E-state index in [9.17, 15) is 18.0 Å². The molecule has 0 aromatic heterocycles. The number of quaternary nitrogens is 1. The molecule has 0 spiro atoms. The van der Waals surface area contributed by atoms with Gasteiger partial charge in [-0.15, -0.1) is 0 Å². The van der Waals surface area contributed by atoms with Crippen LogP contribution < -0.4 is 10.2 Å². The number of benzene rings is 1. The molecule has 1 aromatic rings. The molecule has 0 radical (unpaired) electrons. The van der Waals surface area contributed by atoms with Gasteiger partial charge in [0.05, 0.1) is 19.2 Å². The van der Waals surface area contributed by atoms with Crippen LogP contribution in [-0.2, 0) is 15.8 Å². The van der Waals surface area contributed by atoms with E-state index in [1.54, 1.807) is 27.8 Å². The second-order valence-corrected chi connectivity index (χ2v) is 6.35. The van der Waals surface area contributed by atoms with Crippen LogP contribution in [-0.4, -0.2) is 43.9 Å². The first kappa shape index (κ1) is 21.0. The van der Waals surface area contributed by atoms with Gasteiger partial charge in [0.2, 0.25) is 5.69 Å². The van der Waals surface area contributed by atoms with Gasteiger partial charge >= 0.3 is 12.3 Å². The van der Waals surface area contributed by atoms with Crippen LogP contribution in [0, 0.1) is 0 Å². The topological polar surface area (TPSA) is 64.6 Å². The summed E-state index contributed by atoms with van der Waals surface area (Å²) in [7, 11) is 2.88. The molecule has 0 aliphatic rings. The van der Waals surface area contributed by atoms with Crippen LogP contribution in [0.15, 0.2) is 18.2 Å². The number of nitrogens with zero attached hydrogens (tertiary/aromatic N) is 1. The van der Waals surface area contributed by atoms with Gasteiger partial charge in [0, 0.05) is 13.1 Å². The highest BCUT2D eigenvalue weighted by atomic mass is 19.4. The quantitative estimate of drug-likeness (QED) is 0.622. The Morgan fingerprint density at radius 1 is 1.24 bits per heavy atom. The standard InChI is InChI=1S/C16H23F3N2O4/c1-15(2,3)25-14(22)21(4)8-9-24-13-7-6-11(16(17,18)19)10-12(13)20-23-5/h6-7,10,20H,8-9H2,1-5H3/p+1. The first-order chi connectivity index (χ1) is 11.4. The summed E-state index contributed by atoms with van der Waals surface area (Å²) in [5.74, 6) is 0.229. The van der Waals surface area contributed by atoms with Gasteiger partial charge in [0.1, 0.15) is 12.2 Å². The van der Waals surface area contributed by atoms with Crippen molar-refractivity contribution in [2.24, 2.45) is 0 Å². The zero-order chi connectivity index (χ0) is 19.3. The molecular weight excluding hydrogens is 341 g/mol. The molecule has 0 fully saturated rings. The maximum atomic E-state index is 12.8. The molecule has 0 unspecified atom stereocenters. The number of ether oxygens (including phenoxy) is 2. The molecule has 0 saturated heterocycles. The summed E-state index contributed by atoms with van der Waals surface area (Å²) >= 11 is 0. The minimum absolute atomic E-state index is 0.0890. The molecular formula is C16H24F3N2O4+. The Labute approximate surface area is 144 Å². The Kier molecular flexibility index (Phi) is 7.06. The Morgan fingerprint density at radius 3 is 2.40 bits per heavy atom. The van der Waals surface area contributed by atoms with Gasteiger partial charge in [0.15, 0.2) is 5.75 Å². The lowest BCUT2D eigenvalue weighted by Gasteiger charge is -2.24. The summed E-state index contributed by atoms with van der Waals surface area (Å²) in [6, 6.07) is 3.09. The van der Waals surface area contributed by atoms with Crippen molar-refractivity contribution in [3.05, 3.63) is 23.8 Å². The van der Waals surface area contributed by atoms with Crippen LogP contribution in [0.25, 0.3) is 0 Å². The number of alkyl halides is 3. The van der Waals surface area contributed by atoms with Crippen LogP contribution in [0.5, 0.6) is 5.75 Å². The van der Waals surface area contributed by atoms with Crippen molar-refractivity contribution in [2.45, 2.75) is 32.5 Å². The van der Waals surface area contributed by atoms with E-state index in [1.807, 2.05) is 0 Å². The van der Waals surface area contributed by atoms with Gasteiger partial charge in [-0.25, -0.2) is 9.63 Å². The second-order valence-electron chi connectivity index (χ2n) is 6.35. The summed E-state index contributed by atoms with van der Waals surface area (Å²) in [5.41, 5.74) is -0.0752. The van der Waals surface area contributed by atoms with E-state index >= 15 is 0 Å². The minimum atomic E-state index is -4.45. The third-order valence-corrected chi connectivity index (χ3v) is 2.97. The Morgan fingerprint density at radius 2 is 1.88 bits per heavy atom. The monoisotopic (exact) mass is 365 g/mol. The summed E-state index contributed by atoms with van der Waals surface area (Å²) < 4.78 is 49.0. The second kappa shape index (κ2) is 8.39. The minimum Gasteiger partial charge on any atom is -0.485 e.